The Balaban J connectivity index is 2.56. The van der Waals surface area contributed by atoms with Gasteiger partial charge in [0.1, 0.15) is 0 Å². The second-order valence-corrected chi connectivity index (χ2v) is 5.83. The van der Waals surface area contributed by atoms with Crippen LogP contribution in [0.5, 0.6) is 0 Å². The molecule has 1 rings (SSSR count). The maximum absolute atomic E-state index is 10.1. The first-order valence-corrected chi connectivity index (χ1v) is 7.42. The van der Waals surface area contributed by atoms with Crippen LogP contribution >= 0.6 is 23.4 Å². The predicted octanol–water partition coefficient (Wildman–Crippen LogP) is 3.10. The van der Waals surface area contributed by atoms with Crippen molar-refractivity contribution in [3.8, 4) is 0 Å². The summed E-state index contributed by atoms with van der Waals surface area (Å²) in [5.41, 5.74) is 0.378. The molecule has 0 spiro atoms. The Morgan fingerprint density at radius 1 is 1.47 bits per heavy atom. The summed E-state index contributed by atoms with van der Waals surface area (Å²) in [7, 11) is 0. The molecule has 0 aliphatic heterocycles. The normalized spacial score (nSPS) is 16.5. The van der Waals surface area contributed by atoms with Gasteiger partial charge in [0.2, 0.25) is 0 Å². The Labute approximate surface area is 113 Å². The fourth-order valence-corrected chi connectivity index (χ4v) is 2.69. The first-order valence-electron chi connectivity index (χ1n) is 5.65. The van der Waals surface area contributed by atoms with Gasteiger partial charge >= 0.3 is 0 Å². The van der Waals surface area contributed by atoms with Gasteiger partial charge in [-0.1, -0.05) is 29.8 Å². The van der Waals surface area contributed by atoms with Crippen LogP contribution in [0.4, 0.5) is 0 Å². The van der Waals surface area contributed by atoms with Crippen molar-refractivity contribution in [3.05, 3.63) is 34.9 Å². The van der Waals surface area contributed by atoms with Crippen LogP contribution in [0.15, 0.2) is 24.3 Å². The number of halogens is 1. The molecule has 2 nitrogen and oxygen atoms in total. The highest BCUT2D eigenvalue weighted by Gasteiger charge is 2.20. The average Bonchev–Trinajstić information content (AvgIpc) is 2.27. The summed E-state index contributed by atoms with van der Waals surface area (Å²) in [5, 5.41) is 14.1. The lowest BCUT2D eigenvalue weighted by Crippen LogP contribution is -2.40. The van der Waals surface area contributed by atoms with Gasteiger partial charge in [-0.15, -0.1) is 0 Å². The molecule has 0 aliphatic rings. The minimum Gasteiger partial charge on any atom is -0.388 e. The first kappa shape index (κ1) is 14.8. The van der Waals surface area contributed by atoms with Crippen LogP contribution in [0.2, 0.25) is 5.02 Å². The molecule has 0 bridgehead atoms. The third-order valence-electron chi connectivity index (χ3n) is 2.62. The average molecular weight is 274 g/mol. The van der Waals surface area contributed by atoms with Crippen molar-refractivity contribution in [1.29, 1.82) is 0 Å². The number of hydrogen-bond acceptors (Lipinski definition) is 3. The van der Waals surface area contributed by atoms with E-state index < -0.39 is 5.60 Å². The largest absolute Gasteiger partial charge is 0.388 e. The summed E-state index contributed by atoms with van der Waals surface area (Å²) in [6.07, 6.45) is 1.99. The van der Waals surface area contributed by atoms with Crippen molar-refractivity contribution < 1.29 is 5.11 Å². The molecule has 2 unspecified atom stereocenters. The van der Waals surface area contributed by atoms with Crippen molar-refractivity contribution in [2.75, 3.05) is 18.6 Å². The molecule has 0 aliphatic carbocycles. The number of nitrogens with one attached hydrogen (secondary N) is 1. The van der Waals surface area contributed by atoms with Crippen LogP contribution in [0, 0.1) is 0 Å². The Bertz CT molecular complexity index is 357. The summed E-state index contributed by atoms with van der Waals surface area (Å²) >= 11 is 7.77. The molecule has 0 aromatic heterocycles. The van der Waals surface area contributed by atoms with E-state index in [1.165, 1.54) is 0 Å². The second-order valence-electron chi connectivity index (χ2n) is 4.55. The third kappa shape index (κ3) is 4.88. The number of benzene rings is 1. The van der Waals surface area contributed by atoms with Gasteiger partial charge in [-0.2, -0.15) is 11.8 Å². The predicted molar refractivity (Wildman–Crippen MR) is 76.9 cm³/mol. The van der Waals surface area contributed by atoms with Gasteiger partial charge < -0.3 is 10.4 Å². The maximum Gasteiger partial charge on any atom is 0.0833 e. The van der Waals surface area contributed by atoms with Crippen molar-refractivity contribution in [1.82, 2.24) is 5.32 Å². The van der Waals surface area contributed by atoms with E-state index >= 15 is 0 Å². The van der Waals surface area contributed by atoms with Crippen LogP contribution in [-0.2, 0) is 0 Å². The molecule has 0 amide bonds. The van der Waals surface area contributed by atoms with Gasteiger partial charge in [0, 0.05) is 23.4 Å². The SMILES string of the molecule is CSCC(C)(O)CNC(C)c1ccccc1Cl. The fraction of sp³-hybridized carbons (Fsp3) is 0.538. The highest BCUT2D eigenvalue weighted by molar-refractivity contribution is 7.98. The van der Waals surface area contributed by atoms with E-state index in [1.807, 2.05) is 37.4 Å². The zero-order valence-electron chi connectivity index (χ0n) is 10.5. The van der Waals surface area contributed by atoms with Crippen molar-refractivity contribution >= 4 is 23.4 Å². The van der Waals surface area contributed by atoms with Gasteiger partial charge in [-0.05, 0) is 31.7 Å². The zero-order chi connectivity index (χ0) is 12.9. The monoisotopic (exact) mass is 273 g/mol. The molecule has 96 valence electrons. The van der Waals surface area contributed by atoms with Gasteiger partial charge in [0.25, 0.3) is 0 Å². The Kier molecular flexibility index (Phi) is 5.80. The van der Waals surface area contributed by atoms with Gasteiger partial charge in [-0.25, -0.2) is 0 Å². The number of aliphatic hydroxyl groups is 1. The van der Waals surface area contributed by atoms with Gasteiger partial charge in [0.15, 0.2) is 0 Å². The lowest BCUT2D eigenvalue weighted by Gasteiger charge is -2.25. The number of hydrogen-bond donors (Lipinski definition) is 2. The molecule has 1 aromatic carbocycles. The van der Waals surface area contributed by atoms with Crippen LogP contribution in [0.25, 0.3) is 0 Å². The molecule has 0 radical (unpaired) electrons. The maximum atomic E-state index is 10.1. The topological polar surface area (TPSA) is 32.3 Å². The van der Waals surface area contributed by atoms with Crippen molar-refractivity contribution in [3.63, 3.8) is 0 Å². The van der Waals surface area contributed by atoms with E-state index in [2.05, 4.69) is 12.2 Å². The molecule has 2 atom stereocenters. The van der Waals surface area contributed by atoms with Crippen LogP contribution in [0.1, 0.15) is 25.5 Å². The van der Waals surface area contributed by atoms with E-state index in [0.29, 0.717) is 6.54 Å². The lowest BCUT2D eigenvalue weighted by molar-refractivity contribution is 0.0821. The summed E-state index contributed by atoms with van der Waals surface area (Å²) < 4.78 is 0. The van der Waals surface area contributed by atoms with Crippen LogP contribution < -0.4 is 5.32 Å². The van der Waals surface area contributed by atoms with E-state index in [9.17, 15) is 5.11 Å². The Morgan fingerprint density at radius 2 is 2.12 bits per heavy atom. The minimum absolute atomic E-state index is 0.136. The van der Waals surface area contributed by atoms with E-state index in [1.54, 1.807) is 11.8 Å². The standard InChI is InChI=1S/C13H20ClNOS/c1-10(11-6-4-5-7-12(11)14)15-8-13(2,16)9-17-3/h4-7,10,15-16H,8-9H2,1-3H3. The smallest absolute Gasteiger partial charge is 0.0833 e. The zero-order valence-corrected chi connectivity index (χ0v) is 12.1. The molecule has 0 heterocycles. The van der Waals surface area contributed by atoms with Crippen LogP contribution in [-0.4, -0.2) is 29.3 Å². The van der Waals surface area contributed by atoms with Crippen LogP contribution in [0.3, 0.4) is 0 Å². The lowest BCUT2D eigenvalue weighted by atomic mass is 10.1. The van der Waals surface area contributed by atoms with E-state index in [4.69, 9.17) is 11.6 Å². The quantitative estimate of drug-likeness (QED) is 0.835. The molecule has 4 heteroatoms. The molecule has 2 N–H and O–H groups in total. The molecule has 17 heavy (non-hydrogen) atoms. The Morgan fingerprint density at radius 3 is 2.71 bits per heavy atom. The number of thioether (sulfide) groups is 1. The summed E-state index contributed by atoms with van der Waals surface area (Å²) in [5.74, 6) is 0.718. The summed E-state index contributed by atoms with van der Waals surface area (Å²) in [6, 6.07) is 7.91. The molecular weight excluding hydrogens is 254 g/mol. The molecular formula is C13H20ClNOS. The first-order chi connectivity index (χ1) is 7.96. The van der Waals surface area contributed by atoms with Gasteiger partial charge in [0.05, 0.1) is 5.60 Å². The van der Waals surface area contributed by atoms with Crippen molar-refractivity contribution in [2.45, 2.75) is 25.5 Å². The molecule has 1 aromatic rings. The third-order valence-corrected chi connectivity index (χ3v) is 3.87. The molecule has 0 fully saturated rings. The summed E-state index contributed by atoms with van der Waals surface area (Å²) in [6.45, 7) is 4.45. The fourth-order valence-electron chi connectivity index (χ4n) is 1.67. The van der Waals surface area contributed by atoms with E-state index in [-0.39, 0.29) is 6.04 Å². The Hall–Kier alpha value is -0.220. The number of rotatable bonds is 6. The van der Waals surface area contributed by atoms with Crippen molar-refractivity contribution in [2.24, 2.45) is 0 Å². The summed E-state index contributed by atoms with van der Waals surface area (Å²) in [4.78, 5) is 0. The van der Waals surface area contributed by atoms with Gasteiger partial charge in [-0.3, -0.25) is 0 Å². The highest BCUT2D eigenvalue weighted by atomic mass is 35.5. The highest BCUT2D eigenvalue weighted by Crippen LogP contribution is 2.22. The molecule has 0 saturated carbocycles. The van der Waals surface area contributed by atoms with E-state index in [0.717, 1.165) is 16.3 Å². The second kappa shape index (κ2) is 6.64. The molecule has 0 saturated heterocycles. The minimum atomic E-state index is -0.686.